The Labute approximate surface area is 164 Å². The summed E-state index contributed by atoms with van der Waals surface area (Å²) in [4.78, 5) is 4.12. The first kappa shape index (κ1) is 18.9. The fourth-order valence-electron chi connectivity index (χ4n) is 3.35. The molecule has 150 valence electrons. The quantitative estimate of drug-likeness (QED) is 0.559. The minimum Gasteiger partial charge on any atom is -0.497 e. The van der Waals surface area contributed by atoms with Gasteiger partial charge in [-0.1, -0.05) is 0 Å². The molecule has 0 aliphatic carbocycles. The van der Waals surface area contributed by atoms with E-state index in [-0.39, 0.29) is 12.3 Å². The normalized spacial score (nSPS) is 11.9. The molecule has 4 aromatic rings. The molecule has 0 radical (unpaired) electrons. The number of anilines is 1. The number of halogens is 3. The molecule has 0 aliphatic heterocycles. The number of fused-ring (bicyclic) bond motifs is 1. The SMILES string of the molecule is COc1cc(Cn2c(-c3cnn(C)c3)cc3cnc(N)cc32)cc(C(F)(F)F)c1. The van der Waals surface area contributed by atoms with Crippen molar-refractivity contribution in [3.8, 4) is 17.0 Å². The molecule has 0 bridgehead atoms. The average Bonchev–Trinajstić information content (AvgIpc) is 3.24. The third-order valence-corrected chi connectivity index (χ3v) is 4.68. The van der Waals surface area contributed by atoms with Crippen LogP contribution in [0.1, 0.15) is 11.1 Å². The van der Waals surface area contributed by atoms with Crippen LogP contribution < -0.4 is 10.5 Å². The Morgan fingerprint density at radius 3 is 2.55 bits per heavy atom. The molecule has 29 heavy (non-hydrogen) atoms. The van der Waals surface area contributed by atoms with E-state index in [1.807, 2.05) is 16.8 Å². The molecule has 0 unspecified atom stereocenters. The number of alkyl halides is 3. The summed E-state index contributed by atoms with van der Waals surface area (Å²) in [6.45, 7) is 0.192. The molecule has 3 aromatic heterocycles. The third-order valence-electron chi connectivity index (χ3n) is 4.68. The molecule has 0 amide bonds. The predicted octanol–water partition coefficient (Wildman–Crippen LogP) is 4.09. The lowest BCUT2D eigenvalue weighted by molar-refractivity contribution is -0.137. The number of hydrogen-bond donors (Lipinski definition) is 1. The van der Waals surface area contributed by atoms with Crippen LogP contribution in [0.25, 0.3) is 22.2 Å². The van der Waals surface area contributed by atoms with Gasteiger partial charge in [-0.25, -0.2) is 4.98 Å². The molecule has 0 saturated carbocycles. The standard InChI is InChI=1S/C20H18F3N5O/c1-27-11-14(9-26-27)17-5-13-8-25-19(24)7-18(13)28(17)10-12-3-15(20(21,22)23)6-16(4-12)29-2/h3-9,11H,10H2,1-2H3,(H2,24,25). The number of aromatic nitrogens is 4. The van der Waals surface area contributed by atoms with Gasteiger partial charge >= 0.3 is 6.18 Å². The van der Waals surface area contributed by atoms with E-state index >= 15 is 0 Å². The van der Waals surface area contributed by atoms with Gasteiger partial charge in [0.15, 0.2) is 0 Å². The minimum atomic E-state index is -4.47. The summed E-state index contributed by atoms with van der Waals surface area (Å²) < 4.78 is 48.6. The van der Waals surface area contributed by atoms with Crippen LogP contribution >= 0.6 is 0 Å². The summed E-state index contributed by atoms with van der Waals surface area (Å²) in [5.74, 6) is 0.478. The summed E-state index contributed by atoms with van der Waals surface area (Å²) >= 11 is 0. The number of methoxy groups -OCH3 is 1. The predicted molar refractivity (Wildman–Crippen MR) is 103 cm³/mol. The van der Waals surface area contributed by atoms with Crippen molar-refractivity contribution < 1.29 is 17.9 Å². The van der Waals surface area contributed by atoms with Gasteiger partial charge in [0, 0.05) is 43.0 Å². The van der Waals surface area contributed by atoms with E-state index in [2.05, 4.69) is 10.1 Å². The van der Waals surface area contributed by atoms with Crippen molar-refractivity contribution in [2.24, 2.45) is 7.05 Å². The summed E-state index contributed by atoms with van der Waals surface area (Å²) in [6, 6.07) is 7.34. The number of ether oxygens (including phenoxy) is 1. The van der Waals surface area contributed by atoms with Crippen molar-refractivity contribution in [1.82, 2.24) is 19.3 Å². The van der Waals surface area contributed by atoms with Gasteiger partial charge in [-0.05, 0) is 29.8 Å². The number of nitrogens with zero attached hydrogens (tertiary/aromatic N) is 4. The second-order valence-electron chi connectivity index (χ2n) is 6.75. The Kier molecular flexibility index (Phi) is 4.45. The fraction of sp³-hybridized carbons (Fsp3) is 0.200. The molecule has 0 atom stereocenters. The zero-order chi connectivity index (χ0) is 20.8. The van der Waals surface area contributed by atoms with E-state index < -0.39 is 11.7 Å². The van der Waals surface area contributed by atoms with Crippen molar-refractivity contribution in [3.63, 3.8) is 0 Å². The van der Waals surface area contributed by atoms with Gasteiger partial charge < -0.3 is 15.0 Å². The first-order valence-corrected chi connectivity index (χ1v) is 8.73. The van der Waals surface area contributed by atoms with Crippen molar-refractivity contribution in [3.05, 3.63) is 60.0 Å². The minimum absolute atomic E-state index is 0.149. The number of nitrogens with two attached hydrogens (primary N) is 1. The molecular weight excluding hydrogens is 383 g/mol. The molecule has 0 saturated heterocycles. The Bertz CT molecular complexity index is 1190. The Morgan fingerprint density at radius 1 is 1.10 bits per heavy atom. The molecule has 3 heterocycles. The van der Waals surface area contributed by atoms with Crippen LogP contribution in [0.2, 0.25) is 0 Å². The highest BCUT2D eigenvalue weighted by atomic mass is 19.4. The van der Waals surface area contributed by atoms with Gasteiger partial charge in [0.25, 0.3) is 0 Å². The van der Waals surface area contributed by atoms with Crippen LogP contribution in [-0.2, 0) is 19.8 Å². The molecule has 6 nitrogen and oxygen atoms in total. The van der Waals surface area contributed by atoms with Gasteiger partial charge in [-0.15, -0.1) is 0 Å². The lowest BCUT2D eigenvalue weighted by Gasteiger charge is -2.14. The Balaban J connectivity index is 1.89. The summed E-state index contributed by atoms with van der Waals surface area (Å²) in [6.07, 6.45) is 0.721. The fourth-order valence-corrected chi connectivity index (χ4v) is 3.35. The molecule has 0 aliphatic rings. The number of benzene rings is 1. The van der Waals surface area contributed by atoms with E-state index in [1.54, 1.807) is 36.3 Å². The zero-order valence-corrected chi connectivity index (χ0v) is 15.7. The van der Waals surface area contributed by atoms with E-state index in [4.69, 9.17) is 10.5 Å². The van der Waals surface area contributed by atoms with Gasteiger partial charge in [0.1, 0.15) is 11.6 Å². The average molecular weight is 401 g/mol. The van der Waals surface area contributed by atoms with Gasteiger partial charge in [0.2, 0.25) is 0 Å². The highest BCUT2D eigenvalue weighted by Crippen LogP contribution is 2.34. The van der Waals surface area contributed by atoms with Gasteiger partial charge in [-0.3, -0.25) is 4.68 Å². The first-order valence-electron chi connectivity index (χ1n) is 8.73. The first-order chi connectivity index (χ1) is 13.7. The van der Waals surface area contributed by atoms with Crippen LogP contribution in [0.15, 0.2) is 48.9 Å². The highest BCUT2D eigenvalue weighted by molar-refractivity contribution is 5.87. The molecule has 4 rings (SSSR count). The lowest BCUT2D eigenvalue weighted by atomic mass is 10.1. The monoisotopic (exact) mass is 401 g/mol. The van der Waals surface area contributed by atoms with Crippen molar-refractivity contribution in [2.45, 2.75) is 12.7 Å². The number of rotatable bonds is 4. The molecule has 1 aromatic carbocycles. The number of pyridine rings is 1. The zero-order valence-electron chi connectivity index (χ0n) is 15.7. The maximum Gasteiger partial charge on any atom is 0.416 e. The molecule has 0 spiro atoms. The maximum absolute atomic E-state index is 13.3. The van der Waals surface area contributed by atoms with Crippen molar-refractivity contribution in [2.75, 3.05) is 12.8 Å². The summed E-state index contributed by atoms with van der Waals surface area (Å²) in [5, 5.41) is 5.03. The maximum atomic E-state index is 13.3. The summed E-state index contributed by atoms with van der Waals surface area (Å²) in [7, 11) is 3.14. The van der Waals surface area contributed by atoms with Gasteiger partial charge in [0.05, 0.1) is 30.1 Å². The van der Waals surface area contributed by atoms with E-state index in [1.165, 1.54) is 7.11 Å². The van der Waals surface area contributed by atoms with E-state index in [0.29, 0.717) is 11.4 Å². The molecule has 9 heteroatoms. The van der Waals surface area contributed by atoms with Crippen LogP contribution in [0.4, 0.5) is 19.0 Å². The van der Waals surface area contributed by atoms with Gasteiger partial charge in [-0.2, -0.15) is 18.3 Å². The topological polar surface area (TPSA) is 70.9 Å². The highest BCUT2D eigenvalue weighted by Gasteiger charge is 2.31. The van der Waals surface area contributed by atoms with Crippen molar-refractivity contribution >= 4 is 16.7 Å². The molecule has 2 N–H and O–H groups in total. The number of aryl methyl sites for hydroxylation is 1. The molecule has 0 fully saturated rings. The van der Waals surface area contributed by atoms with Crippen LogP contribution in [0.3, 0.4) is 0 Å². The summed E-state index contributed by atoms with van der Waals surface area (Å²) in [5.41, 5.74) is 7.96. The number of nitrogen functional groups attached to an aromatic ring is 1. The largest absolute Gasteiger partial charge is 0.497 e. The Morgan fingerprint density at radius 2 is 1.90 bits per heavy atom. The van der Waals surface area contributed by atoms with E-state index in [9.17, 15) is 13.2 Å². The second-order valence-corrected chi connectivity index (χ2v) is 6.75. The van der Waals surface area contributed by atoms with Crippen LogP contribution in [0, 0.1) is 0 Å². The second kappa shape index (κ2) is 6.84. The Hall–Kier alpha value is -3.49. The lowest BCUT2D eigenvalue weighted by Crippen LogP contribution is -2.08. The molecular formula is C20H18F3N5O. The third kappa shape index (κ3) is 3.63. The van der Waals surface area contributed by atoms with Crippen molar-refractivity contribution in [1.29, 1.82) is 0 Å². The smallest absolute Gasteiger partial charge is 0.416 e. The van der Waals surface area contributed by atoms with Crippen LogP contribution in [-0.4, -0.2) is 26.4 Å². The number of hydrogen-bond acceptors (Lipinski definition) is 4. The van der Waals surface area contributed by atoms with Crippen LogP contribution in [0.5, 0.6) is 5.75 Å². The van der Waals surface area contributed by atoms with E-state index in [0.717, 1.165) is 34.3 Å².